The van der Waals surface area contributed by atoms with Gasteiger partial charge in [0.2, 0.25) is 5.91 Å². The van der Waals surface area contributed by atoms with Crippen molar-refractivity contribution < 1.29 is 9.53 Å². The third-order valence-corrected chi connectivity index (χ3v) is 6.02. The predicted octanol–water partition coefficient (Wildman–Crippen LogP) is 2.96. The van der Waals surface area contributed by atoms with Crippen LogP contribution in [0.3, 0.4) is 0 Å². The van der Waals surface area contributed by atoms with E-state index in [1.165, 1.54) is 0 Å². The topological polar surface area (TPSA) is 80.2 Å². The van der Waals surface area contributed by atoms with Gasteiger partial charge >= 0.3 is 5.69 Å². The summed E-state index contributed by atoms with van der Waals surface area (Å²) in [4.78, 5) is 26.8. The Kier molecular flexibility index (Phi) is 4.65. The largest absolute Gasteiger partial charge is 0.497 e. The summed E-state index contributed by atoms with van der Waals surface area (Å²) in [5, 5.41) is 6.89. The van der Waals surface area contributed by atoms with Crippen molar-refractivity contribution in [3.63, 3.8) is 0 Å². The van der Waals surface area contributed by atoms with Gasteiger partial charge in [-0.1, -0.05) is 24.3 Å². The lowest BCUT2D eigenvalue weighted by molar-refractivity contribution is -0.131. The molecule has 2 heterocycles. The van der Waals surface area contributed by atoms with Crippen LogP contribution in [0.1, 0.15) is 31.0 Å². The second-order valence-corrected chi connectivity index (χ2v) is 8.05. The van der Waals surface area contributed by atoms with Crippen LogP contribution in [-0.4, -0.2) is 45.8 Å². The number of amides is 1. The number of hydrogen-bond acceptors (Lipinski definition) is 4. The van der Waals surface area contributed by atoms with Crippen LogP contribution in [-0.2, 0) is 4.79 Å². The Morgan fingerprint density at radius 1 is 1.10 bits per heavy atom. The predicted molar refractivity (Wildman–Crippen MR) is 113 cm³/mol. The Morgan fingerprint density at radius 2 is 1.90 bits per heavy atom. The van der Waals surface area contributed by atoms with E-state index in [9.17, 15) is 9.59 Å². The number of likely N-dealkylation sites (tertiary alicyclic amines) is 1. The Bertz CT molecular complexity index is 1130. The summed E-state index contributed by atoms with van der Waals surface area (Å²) in [6.07, 6.45) is 2.84. The number of aromatic amines is 1. The van der Waals surface area contributed by atoms with Gasteiger partial charge < -0.3 is 9.64 Å². The monoisotopic (exact) mass is 404 g/mol. The highest BCUT2D eigenvalue weighted by Gasteiger charge is 2.38. The summed E-state index contributed by atoms with van der Waals surface area (Å²) in [7, 11) is 1.65. The molecule has 2 fully saturated rings. The van der Waals surface area contributed by atoms with Crippen LogP contribution in [0.2, 0.25) is 0 Å². The molecule has 1 N–H and O–H groups in total. The number of ether oxygens (including phenoxy) is 1. The standard InChI is InChI=1S/C23H24N4O3/c1-30-20-4-2-3-17(13-20)15-7-9-19(10-8-15)27-21(24-25-23(27)29)18-11-12-26(14-18)22(28)16-5-6-16/h2-4,7-10,13,16,18H,5-6,11-12,14H2,1H3,(H,25,29). The van der Waals surface area contributed by atoms with E-state index in [4.69, 9.17) is 4.74 Å². The zero-order chi connectivity index (χ0) is 20.7. The molecule has 0 bridgehead atoms. The lowest BCUT2D eigenvalue weighted by Gasteiger charge is -2.16. The number of nitrogens with one attached hydrogen (secondary N) is 1. The van der Waals surface area contributed by atoms with Gasteiger partial charge in [-0.05, 0) is 54.7 Å². The fraction of sp³-hybridized carbons (Fsp3) is 0.348. The van der Waals surface area contributed by atoms with E-state index in [0.29, 0.717) is 12.4 Å². The molecular weight excluding hydrogens is 380 g/mol. The van der Waals surface area contributed by atoms with Crippen LogP contribution in [0, 0.1) is 5.92 Å². The van der Waals surface area contributed by atoms with Crippen molar-refractivity contribution in [2.75, 3.05) is 20.2 Å². The fourth-order valence-corrected chi connectivity index (χ4v) is 4.20. The average Bonchev–Trinajstić information content (AvgIpc) is 3.40. The minimum atomic E-state index is -0.258. The Hall–Kier alpha value is -3.35. The van der Waals surface area contributed by atoms with Gasteiger partial charge in [0.15, 0.2) is 0 Å². The van der Waals surface area contributed by atoms with E-state index in [-0.39, 0.29) is 23.4 Å². The SMILES string of the molecule is COc1cccc(-c2ccc(-n3c(C4CCN(C(=O)C5CC5)C4)n[nH]c3=O)cc2)c1. The summed E-state index contributed by atoms with van der Waals surface area (Å²) >= 11 is 0. The van der Waals surface area contributed by atoms with Crippen molar-refractivity contribution in [3.8, 4) is 22.6 Å². The first kappa shape index (κ1) is 18.7. The van der Waals surface area contributed by atoms with Crippen molar-refractivity contribution in [2.24, 2.45) is 5.92 Å². The number of methoxy groups -OCH3 is 1. The molecule has 1 unspecified atom stereocenters. The summed E-state index contributed by atoms with van der Waals surface area (Å²) in [6, 6.07) is 15.7. The van der Waals surface area contributed by atoms with Gasteiger partial charge in [0, 0.05) is 24.9 Å². The molecular formula is C23H24N4O3. The molecule has 5 rings (SSSR count). The van der Waals surface area contributed by atoms with Crippen molar-refractivity contribution in [3.05, 3.63) is 64.8 Å². The van der Waals surface area contributed by atoms with Gasteiger partial charge in [-0.25, -0.2) is 14.5 Å². The molecule has 3 aromatic rings. The summed E-state index contributed by atoms with van der Waals surface area (Å²) < 4.78 is 6.94. The van der Waals surface area contributed by atoms with Crippen molar-refractivity contribution >= 4 is 5.91 Å². The molecule has 154 valence electrons. The maximum absolute atomic E-state index is 12.5. The van der Waals surface area contributed by atoms with Crippen molar-refractivity contribution in [1.82, 2.24) is 19.7 Å². The first-order valence-corrected chi connectivity index (χ1v) is 10.3. The molecule has 2 aliphatic rings. The highest BCUT2D eigenvalue weighted by Crippen LogP contribution is 2.35. The number of benzene rings is 2. The molecule has 1 amide bonds. The molecule has 1 saturated heterocycles. The maximum Gasteiger partial charge on any atom is 0.347 e. The summed E-state index contributed by atoms with van der Waals surface area (Å²) in [5.74, 6) is 2.03. The van der Waals surface area contributed by atoms with Crippen LogP contribution in [0.25, 0.3) is 16.8 Å². The first-order chi connectivity index (χ1) is 14.6. The van der Waals surface area contributed by atoms with Gasteiger partial charge in [0.05, 0.1) is 12.8 Å². The van der Waals surface area contributed by atoms with E-state index in [1.807, 2.05) is 53.4 Å². The molecule has 1 aliphatic carbocycles. The molecule has 1 aromatic heterocycles. The zero-order valence-corrected chi connectivity index (χ0v) is 16.9. The van der Waals surface area contributed by atoms with Crippen LogP contribution in [0.5, 0.6) is 5.75 Å². The highest BCUT2D eigenvalue weighted by molar-refractivity contribution is 5.81. The second-order valence-electron chi connectivity index (χ2n) is 8.05. The molecule has 30 heavy (non-hydrogen) atoms. The number of hydrogen-bond donors (Lipinski definition) is 1. The lowest BCUT2D eigenvalue weighted by atomic mass is 10.0. The quantitative estimate of drug-likeness (QED) is 0.709. The van der Waals surface area contributed by atoms with E-state index < -0.39 is 0 Å². The van der Waals surface area contributed by atoms with Crippen LogP contribution in [0.4, 0.5) is 0 Å². The number of nitrogens with zero attached hydrogens (tertiary/aromatic N) is 3. The van der Waals surface area contributed by atoms with Gasteiger partial charge in [0.1, 0.15) is 11.6 Å². The van der Waals surface area contributed by atoms with E-state index in [1.54, 1.807) is 11.7 Å². The van der Waals surface area contributed by atoms with Crippen molar-refractivity contribution in [2.45, 2.75) is 25.2 Å². The minimum absolute atomic E-state index is 0.0599. The van der Waals surface area contributed by atoms with Gasteiger partial charge in [-0.2, -0.15) is 5.10 Å². The molecule has 7 heteroatoms. The smallest absolute Gasteiger partial charge is 0.347 e. The average molecular weight is 404 g/mol. The Balaban J connectivity index is 1.40. The summed E-state index contributed by atoms with van der Waals surface area (Å²) in [5.41, 5.74) is 2.59. The normalized spacial score (nSPS) is 18.6. The Morgan fingerprint density at radius 3 is 2.63 bits per heavy atom. The van der Waals surface area contributed by atoms with Crippen LogP contribution < -0.4 is 10.4 Å². The van der Waals surface area contributed by atoms with Gasteiger partial charge in [-0.3, -0.25) is 4.79 Å². The fourth-order valence-electron chi connectivity index (χ4n) is 4.20. The molecule has 0 spiro atoms. The van der Waals surface area contributed by atoms with Gasteiger partial charge in [0.25, 0.3) is 0 Å². The molecule has 0 radical (unpaired) electrons. The molecule has 1 saturated carbocycles. The number of carbonyl (C=O) groups is 1. The van der Waals surface area contributed by atoms with Crippen molar-refractivity contribution in [1.29, 1.82) is 0 Å². The minimum Gasteiger partial charge on any atom is -0.497 e. The van der Waals surface area contributed by atoms with E-state index >= 15 is 0 Å². The number of H-pyrrole nitrogens is 1. The third kappa shape index (κ3) is 3.40. The molecule has 1 aliphatic heterocycles. The molecule has 7 nitrogen and oxygen atoms in total. The number of carbonyl (C=O) groups excluding carboxylic acids is 1. The highest BCUT2D eigenvalue weighted by atomic mass is 16.5. The first-order valence-electron chi connectivity index (χ1n) is 10.3. The maximum atomic E-state index is 12.5. The van der Waals surface area contributed by atoms with Crippen LogP contribution >= 0.6 is 0 Å². The van der Waals surface area contributed by atoms with Gasteiger partial charge in [-0.15, -0.1) is 0 Å². The van der Waals surface area contributed by atoms with E-state index in [0.717, 1.165) is 48.4 Å². The number of aromatic nitrogens is 3. The second kappa shape index (κ2) is 7.48. The Labute approximate surface area is 174 Å². The third-order valence-electron chi connectivity index (χ3n) is 6.02. The van der Waals surface area contributed by atoms with E-state index in [2.05, 4.69) is 10.2 Å². The molecule has 1 atom stereocenters. The van der Waals surface area contributed by atoms with Crippen LogP contribution in [0.15, 0.2) is 53.3 Å². The lowest BCUT2D eigenvalue weighted by Crippen LogP contribution is -2.30. The number of rotatable bonds is 5. The summed E-state index contributed by atoms with van der Waals surface area (Å²) in [6.45, 7) is 1.36. The zero-order valence-electron chi connectivity index (χ0n) is 16.9. The molecule has 2 aromatic carbocycles.